The maximum atomic E-state index is 6.24. The number of furan rings is 1. The van der Waals surface area contributed by atoms with Crippen LogP contribution in [0.4, 0.5) is 0 Å². The van der Waals surface area contributed by atoms with E-state index in [1.807, 2.05) is 91.3 Å². The topological polar surface area (TPSA) is 69.6 Å². The van der Waals surface area contributed by atoms with Crippen LogP contribution >= 0.6 is 0 Å². The highest BCUT2D eigenvalue weighted by molar-refractivity contribution is 6.14. The van der Waals surface area contributed by atoms with Crippen LogP contribution in [0.1, 0.15) is 0 Å². The maximum absolute atomic E-state index is 6.24. The van der Waals surface area contributed by atoms with Gasteiger partial charge in [-0.05, 0) is 41.5 Å². The summed E-state index contributed by atoms with van der Waals surface area (Å²) in [6.07, 6.45) is 3.73. The van der Waals surface area contributed by atoms with E-state index in [1.54, 1.807) is 0 Å². The van der Waals surface area contributed by atoms with Crippen LogP contribution in [-0.4, -0.2) is 24.5 Å². The van der Waals surface area contributed by atoms with Crippen molar-refractivity contribution in [3.8, 4) is 51.0 Å². The highest BCUT2D eigenvalue weighted by atomic mass is 16.3. The number of pyridine rings is 1. The van der Waals surface area contributed by atoms with E-state index in [-0.39, 0.29) is 0 Å². The molecule has 0 amide bonds. The van der Waals surface area contributed by atoms with Crippen molar-refractivity contribution < 1.29 is 4.42 Å². The molecule has 4 aromatic heterocycles. The van der Waals surface area contributed by atoms with Crippen molar-refractivity contribution in [2.24, 2.45) is 0 Å². The van der Waals surface area contributed by atoms with Crippen molar-refractivity contribution in [2.45, 2.75) is 0 Å². The third-order valence-electron chi connectivity index (χ3n) is 9.33. The van der Waals surface area contributed by atoms with E-state index in [0.717, 1.165) is 71.9 Å². The number of para-hydroxylation sites is 2. The molecule has 0 unspecified atom stereocenters. The monoisotopic (exact) mass is 641 g/mol. The maximum Gasteiger partial charge on any atom is 0.165 e. The molecule has 6 heteroatoms. The Morgan fingerprint density at radius 1 is 0.420 bits per heavy atom. The van der Waals surface area contributed by atoms with Gasteiger partial charge in [0.05, 0.1) is 22.9 Å². The Morgan fingerprint density at radius 3 is 1.80 bits per heavy atom. The molecule has 0 saturated carbocycles. The average molecular weight is 642 g/mol. The van der Waals surface area contributed by atoms with Crippen molar-refractivity contribution >= 4 is 43.7 Å². The lowest BCUT2D eigenvalue weighted by Gasteiger charge is -2.12. The Morgan fingerprint density at radius 2 is 1.04 bits per heavy atom. The highest BCUT2D eigenvalue weighted by Gasteiger charge is 2.18. The molecule has 6 aromatic carbocycles. The van der Waals surface area contributed by atoms with Gasteiger partial charge in [-0.3, -0.25) is 4.98 Å². The summed E-state index contributed by atoms with van der Waals surface area (Å²) in [4.78, 5) is 19.6. The van der Waals surface area contributed by atoms with Crippen LogP contribution in [0.2, 0.25) is 0 Å². The second kappa shape index (κ2) is 11.4. The van der Waals surface area contributed by atoms with Gasteiger partial charge in [-0.2, -0.15) is 0 Å². The zero-order chi connectivity index (χ0) is 33.0. The Balaban J connectivity index is 1.18. The van der Waals surface area contributed by atoms with E-state index >= 15 is 0 Å². The van der Waals surface area contributed by atoms with Gasteiger partial charge < -0.3 is 8.98 Å². The van der Waals surface area contributed by atoms with Crippen molar-refractivity contribution in [2.75, 3.05) is 0 Å². The van der Waals surface area contributed by atoms with Crippen molar-refractivity contribution in [3.63, 3.8) is 0 Å². The minimum atomic E-state index is 0.562. The van der Waals surface area contributed by atoms with Crippen LogP contribution in [0.5, 0.6) is 0 Å². The van der Waals surface area contributed by atoms with Crippen molar-refractivity contribution in [3.05, 3.63) is 164 Å². The predicted octanol–water partition coefficient (Wildman–Crippen LogP) is 10.9. The number of benzene rings is 6. The average Bonchev–Trinajstić information content (AvgIpc) is 3.74. The fourth-order valence-corrected chi connectivity index (χ4v) is 7.04. The molecule has 0 spiro atoms. The quantitative estimate of drug-likeness (QED) is 0.187. The molecule has 0 saturated heterocycles. The molecule has 0 N–H and O–H groups in total. The summed E-state index contributed by atoms with van der Waals surface area (Å²) in [5, 5.41) is 4.56. The summed E-state index contributed by atoms with van der Waals surface area (Å²) in [7, 11) is 0. The minimum Gasteiger partial charge on any atom is -0.456 e. The van der Waals surface area contributed by atoms with Gasteiger partial charge in [0.1, 0.15) is 11.2 Å². The van der Waals surface area contributed by atoms with Gasteiger partial charge in [0.25, 0.3) is 0 Å². The first-order valence-electron chi connectivity index (χ1n) is 16.5. The van der Waals surface area contributed by atoms with Crippen molar-refractivity contribution in [1.82, 2.24) is 24.5 Å². The molecule has 6 nitrogen and oxygen atoms in total. The number of fused-ring (bicyclic) bond motifs is 6. The van der Waals surface area contributed by atoms with Crippen LogP contribution < -0.4 is 0 Å². The lowest BCUT2D eigenvalue weighted by molar-refractivity contribution is 0.669. The van der Waals surface area contributed by atoms with Gasteiger partial charge in [0.2, 0.25) is 0 Å². The molecular formula is C44H27N5O. The van der Waals surface area contributed by atoms with Crippen LogP contribution in [0.15, 0.2) is 168 Å². The van der Waals surface area contributed by atoms with Crippen molar-refractivity contribution in [1.29, 1.82) is 0 Å². The lowest BCUT2D eigenvalue weighted by Crippen LogP contribution is -2.01. The van der Waals surface area contributed by atoms with Gasteiger partial charge in [0, 0.05) is 44.4 Å². The fraction of sp³-hybridized carbons (Fsp3) is 0. The van der Waals surface area contributed by atoms with E-state index in [2.05, 4.69) is 77.4 Å². The van der Waals surface area contributed by atoms with Crippen LogP contribution in [-0.2, 0) is 0 Å². The molecule has 0 aliphatic carbocycles. The molecule has 0 aliphatic heterocycles. The Bertz CT molecular complexity index is 2820. The smallest absolute Gasteiger partial charge is 0.165 e. The van der Waals surface area contributed by atoms with Crippen LogP contribution in [0.25, 0.3) is 94.7 Å². The molecule has 0 fully saturated rings. The lowest BCUT2D eigenvalue weighted by atomic mass is 9.98. The molecule has 4 heterocycles. The molecule has 234 valence electrons. The van der Waals surface area contributed by atoms with Gasteiger partial charge >= 0.3 is 0 Å². The second-order valence-electron chi connectivity index (χ2n) is 12.3. The zero-order valence-corrected chi connectivity index (χ0v) is 26.7. The summed E-state index contributed by atoms with van der Waals surface area (Å²) in [6, 6.07) is 51.9. The highest BCUT2D eigenvalue weighted by Crippen LogP contribution is 2.40. The number of hydrogen-bond donors (Lipinski definition) is 0. The van der Waals surface area contributed by atoms with Crippen LogP contribution in [0, 0.1) is 0 Å². The van der Waals surface area contributed by atoms with Gasteiger partial charge in [-0.15, -0.1) is 0 Å². The molecule has 0 bridgehead atoms. The largest absolute Gasteiger partial charge is 0.456 e. The summed E-state index contributed by atoms with van der Waals surface area (Å²) in [5.74, 6) is 1.79. The summed E-state index contributed by atoms with van der Waals surface area (Å²) in [6.45, 7) is 0. The van der Waals surface area contributed by atoms with Gasteiger partial charge in [0.15, 0.2) is 17.5 Å². The van der Waals surface area contributed by atoms with E-state index in [1.165, 1.54) is 5.39 Å². The molecule has 50 heavy (non-hydrogen) atoms. The second-order valence-corrected chi connectivity index (χ2v) is 12.3. The van der Waals surface area contributed by atoms with Gasteiger partial charge in [-0.1, -0.05) is 121 Å². The molecule has 10 rings (SSSR count). The SMILES string of the molecule is c1ccc(-c2nc(-c3ccccc3)nc(-c3cncc(-n4c5ccccc5c5ccc(-c6cccc7oc8ccccc8c67)cc54)c3)n2)cc1. The number of rotatable bonds is 5. The Hall–Kier alpha value is -6.92. The first kappa shape index (κ1) is 28.1. The molecular weight excluding hydrogens is 615 g/mol. The van der Waals surface area contributed by atoms with E-state index in [9.17, 15) is 0 Å². The summed E-state index contributed by atoms with van der Waals surface area (Å²) < 4.78 is 8.53. The number of nitrogens with zero attached hydrogens (tertiary/aromatic N) is 5. The first-order chi connectivity index (χ1) is 24.8. The third kappa shape index (κ3) is 4.58. The predicted molar refractivity (Wildman–Crippen MR) is 201 cm³/mol. The summed E-state index contributed by atoms with van der Waals surface area (Å²) >= 11 is 0. The third-order valence-corrected chi connectivity index (χ3v) is 9.33. The fourth-order valence-electron chi connectivity index (χ4n) is 7.04. The van der Waals surface area contributed by atoms with E-state index < -0.39 is 0 Å². The molecule has 0 radical (unpaired) electrons. The molecule has 10 aromatic rings. The normalized spacial score (nSPS) is 11.6. The Labute approximate surface area is 287 Å². The van der Waals surface area contributed by atoms with Gasteiger partial charge in [-0.25, -0.2) is 15.0 Å². The molecule has 0 atom stereocenters. The summed E-state index contributed by atoms with van der Waals surface area (Å²) in [5.41, 5.74) is 9.75. The van der Waals surface area contributed by atoms with E-state index in [0.29, 0.717) is 17.5 Å². The Kier molecular flexibility index (Phi) is 6.39. The number of hydrogen-bond acceptors (Lipinski definition) is 5. The standard InChI is InChI=1S/C44H27N5O/c1-3-12-28(13-4-1)42-46-43(29-14-5-2-6-15-29)48-44(47-42)31-24-32(27-45-26-31)49-37-19-9-7-16-34(37)35-23-22-30(25-38(35)49)33-18-11-21-40-41(33)36-17-8-10-20-39(36)50-40/h1-27H. The zero-order valence-electron chi connectivity index (χ0n) is 26.7. The minimum absolute atomic E-state index is 0.562. The van der Waals surface area contributed by atoms with Crippen LogP contribution in [0.3, 0.4) is 0 Å². The van der Waals surface area contributed by atoms with E-state index in [4.69, 9.17) is 24.4 Å². The first-order valence-corrected chi connectivity index (χ1v) is 16.5. The number of aromatic nitrogens is 5. The molecule has 0 aliphatic rings.